The lowest BCUT2D eigenvalue weighted by Gasteiger charge is -2.28. The summed E-state index contributed by atoms with van der Waals surface area (Å²) in [6.45, 7) is 0.249. The fourth-order valence-corrected chi connectivity index (χ4v) is 2.52. The van der Waals surface area contributed by atoms with E-state index in [4.69, 9.17) is 0 Å². The number of hydrogen-bond acceptors (Lipinski definition) is 4. The van der Waals surface area contributed by atoms with Crippen LogP contribution in [0.1, 0.15) is 36.2 Å². The van der Waals surface area contributed by atoms with Gasteiger partial charge in [0.05, 0.1) is 16.7 Å². The molecule has 1 fully saturated rings. The number of amides is 1. The Hall–Kier alpha value is -1.89. The van der Waals surface area contributed by atoms with Crippen molar-refractivity contribution in [3.05, 3.63) is 28.1 Å². The van der Waals surface area contributed by atoms with Gasteiger partial charge in [-0.2, -0.15) is 0 Å². The number of nitrogens with zero attached hydrogens (tertiary/aromatic N) is 2. The molecule has 0 unspecified atom stereocenters. The molecule has 1 aromatic rings. The second-order valence-electron chi connectivity index (χ2n) is 5.12. The Morgan fingerprint density at radius 2 is 2.21 bits per heavy atom. The van der Waals surface area contributed by atoms with E-state index in [-0.39, 0.29) is 23.8 Å². The van der Waals surface area contributed by atoms with Crippen molar-refractivity contribution in [3.8, 4) is 0 Å². The Labute approximate surface area is 110 Å². The Morgan fingerprint density at radius 1 is 1.58 bits per heavy atom. The molecule has 0 bridgehead atoms. The van der Waals surface area contributed by atoms with Crippen LogP contribution in [0.4, 0.5) is 5.69 Å². The van der Waals surface area contributed by atoms with E-state index in [0.29, 0.717) is 12.8 Å². The first-order chi connectivity index (χ1) is 8.91. The minimum absolute atomic E-state index is 0.142. The molecule has 1 aromatic heterocycles. The highest BCUT2D eigenvalue weighted by atomic mass is 16.6. The molecule has 0 aliphatic heterocycles. The maximum atomic E-state index is 12.1. The standard InChI is InChI=1S/C12H17N3O4/c1-14(8-12(17)4-2-3-5-12)11(16)10-6-9(7-13-10)15(18)19/h6-7,13,17H,2-5,8H2,1H3. The van der Waals surface area contributed by atoms with Crippen molar-refractivity contribution >= 4 is 11.6 Å². The molecule has 2 N–H and O–H groups in total. The maximum Gasteiger partial charge on any atom is 0.287 e. The van der Waals surface area contributed by atoms with E-state index in [1.165, 1.54) is 17.2 Å². The highest BCUT2D eigenvalue weighted by molar-refractivity contribution is 5.93. The van der Waals surface area contributed by atoms with Crippen molar-refractivity contribution in [1.29, 1.82) is 0 Å². The average Bonchev–Trinajstić information content (AvgIpc) is 2.97. The van der Waals surface area contributed by atoms with Gasteiger partial charge in [0.2, 0.25) is 0 Å². The normalized spacial score (nSPS) is 17.4. The minimum atomic E-state index is -0.817. The lowest BCUT2D eigenvalue weighted by atomic mass is 10.0. The molecule has 2 rings (SSSR count). The van der Waals surface area contributed by atoms with E-state index in [1.807, 2.05) is 0 Å². The number of aromatic amines is 1. The van der Waals surface area contributed by atoms with Crippen LogP contribution in [0.2, 0.25) is 0 Å². The van der Waals surface area contributed by atoms with Crippen molar-refractivity contribution < 1.29 is 14.8 Å². The lowest BCUT2D eigenvalue weighted by Crippen LogP contribution is -2.42. The van der Waals surface area contributed by atoms with Gasteiger partial charge in [-0.25, -0.2) is 0 Å². The number of hydrogen-bond donors (Lipinski definition) is 2. The van der Waals surface area contributed by atoms with Crippen LogP contribution in [-0.2, 0) is 0 Å². The summed E-state index contributed by atoms with van der Waals surface area (Å²) in [5, 5.41) is 20.8. The van der Waals surface area contributed by atoms with E-state index in [1.54, 1.807) is 7.05 Å². The van der Waals surface area contributed by atoms with E-state index < -0.39 is 10.5 Å². The number of rotatable bonds is 4. The zero-order valence-electron chi connectivity index (χ0n) is 10.8. The van der Waals surface area contributed by atoms with Crippen LogP contribution in [0.25, 0.3) is 0 Å². The van der Waals surface area contributed by atoms with Crippen LogP contribution in [0.5, 0.6) is 0 Å². The number of nitrogens with one attached hydrogen (secondary N) is 1. The van der Waals surface area contributed by atoms with Gasteiger partial charge in [-0.05, 0) is 12.8 Å². The molecule has 0 aromatic carbocycles. The van der Waals surface area contributed by atoms with E-state index in [9.17, 15) is 20.0 Å². The van der Waals surface area contributed by atoms with Gasteiger partial charge in [0.1, 0.15) is 5.69 Å². The van der Waals surface area contributed by atoms with Gasteiger partial charge in [-0.3, -0.25) is 14.9 Å². The molecular formula is C12H17N3O4. The summed E-state index contributed by atoms with van der Waals surface area (Å²) < 4.78 is 0. The number of aliphatic hydroxyl groups is 1. The monoisotopic (exact) mass is 267 g/mol. The minimum Gasteiger partial charge on any atom is -0.388 e. The molecule has 0 saturated heterocycles. The van der Waals surface area contributed by atoms with Gasteiger partial charge in [-0.1, -0.05) is 12.8 Å². The summed E-state index contributed by atoms with van der Waals surface area (Å²) in [4.78, 5) is 26.1. The molecule has 1 saturated carbocycles. The largest absolute Gasteiger partial charge is 0.388 e. The summed E-state index contributed by atoms with van der Waals surface area (Å²) in [6, 6.07) is 1.21. The molecular weight excluding hydrogens is 250 g/mol. The van der Waals surface area contributed by atoms with E-state index in [0.717, 1.165) is 12.8 Å². The van der Waals surface area contributed by atoms with Gasteiger partial charge in [0.15, 0.2) is 0 Å². The Morgan fingerprint density at radius 3 is 2.74 bits per heavy atom. The molecule has 0 spiro atoms. The van der Waals surface area contributed by atoms with E-state index in [2.05, 4.69) is 4.98 Å². The molecule has 1 aliphatic carbocycles. The topological polar surface area (TPSA) is 99.5 Å². The van der Waals surface area contributed by atoms with Gasteiger partial charge in [-0.15, -0.1) is 0 Å². The van der Waals surface area contributed by atoms with Crippen LogP contribution in [0.15, 0.2) is 12.3 Å². The maximum absolute atomic E-state index is 12.1. The summed E-state index contributed by atoms with van der Waals surface area (Å²) in [5.41, 5.74) is -0.796. The fraction of sp³-hybridized carbons (Fsp3) is 0.583. The molecule has 1 heterocycles. The molecule has 104 valence electrons. The predicted octanol–water partition coefficient (Wildman–Crippen LogP) is 1.30. The smallest absolute Gasteiger partial charge is 0.287 e. The zero-order chi connectivity index (χ0) is 14.0. The second-order valence-corrected chi connectivity index (χ2v) is 5.12. The fourth-order valence-electron chi connectivity index (χ4n) is 2.52. The average molecular weight is 267 g/mol. The molecule has 7 nitrogen and oxygen atoms in total. The van der Waals surface area contributed by atoms with Crippen molar-refractivity contribution in [2.45, 2.75) is 31.3 Å². The van der Waals surface area contributed by atoms with Crippen molar-refractivity contribution in [3.63, 3.8) is 0 Å². The van der Waals surface area contributed by atoms with E-state index >= 15 is 0 Å². The van der Waals surface area contributed by atoms with Crippen molar-refractivity contribution in [2.24, 2.45) is 0 Å². The van der Waals surface area contributed by atoms with Crippen molar-refractivity contribution in [2.75, 3.05) is 13.6 Å². The summed E-state index contributed by atoms with van der Waals surface area (Å²) in [5.74, 6) is -0.353. The third-order valence-electron chi connectivity index (χ3n) is 3.52. The third kappa shape index (κ3) is 2.93. The Bertz CT molecular complexity index is 491. The van der Waals surface area contributed by atoms with Gasteiger partial charge >= 0.3 is 0 Å². The third-order valence-corrected chi connectivity index (χ3v) is 3.52. The number of H-pyrrole nitrogens is 1. The first kappa shape index (κ1) is 13.5. The Kier molecular flexibility index (Phi) is 3.57. The number of likely N-dealkylation sites (N-methyl/N-ethyl adjacent to an activating group) is 1. The van der Waals surface area contributed by atoms with Crippen LogP contribution >= 0.6 is 0 Å². The van der Waals surface area contributed by atoms with Gasteiger partial charge < -0.3 is 15.0 Å². The molecule has 0 atom stereocenters. The first-order valence-corrected chi connectivity index (χ1v) is 6.22. The lowest BCUT2D eigenvalue weighted by molar-refractivity contribution is -0.384. The molecule has 1 aliphatic rings. The Balaban J connectivity index is 2.03. The van der Waals surface area contributed by atoms with Crippen LogP contribution in [0.3, 0.4) is 0 Å². The second kappa shape index (κ2) is 5.00. The first-order valence-electron chi connectivity index (χ1n) is 6.22. The SMILES string of the molecule is CN(CC1(O)CCCC1)C(=O)c1cc([N+](=O)[O-])c[nH]1. The van der Waals surface area contributed by atoms with Crippen LogP contribution in [-0.4, -0.2) is 45.0 Å². The highest BCUT2D eigenvalue weighted by Gasteiger charge is 2.34. The van der Waals surface area contributed by atoms with Crippen LogP contribution < -0.4 is 0 Å². The molecule has 1 amide bonds. The number of aromatic nitrogens is 1. The predicted molar refractivity (Wildman–Crippen MR) is 67.8 cm³/mol. The van der Waals surface area contributed by atoms with Gasteiger partial charge in [0, 0.05) is 19.7 Å². The summed E-state index contributed by atoms with van der Waals surface area (Å²) in [6.07, 6.45) is 4.50. The molecule has 7 heteroatoms. The number of carbonyl (C=O) groups excluding carboxylic acids is 1. The summed E-state index contributed by atoms with van der Waals surface area (Å²) in [7, 11) is 1.59. The number of nitro groups is 1. The van der Waals surface area contributed by atoms with Crippen molar-refractivity contribution in [1.82, 2.24) is 9.88 Å². The summed E-state index contributed by atoms with van der Waals surface area (Å²) >= 11 is 0. The highest BCUT2D eigenvalue weighted by Crippen LogP contribution is 2.30. The number of carbonyl (C=O) groups is 1. The van der Waals surface area contributed by atoms with Gasteiger partial charge in [0.25, 0.3) is 11.6 Å². The molecule has 19 heavy (non-hydrogen) atoms. The van der Waals surface area contributed by atoms with Crippen LogP contribution in [0, 0.1) is 10.1 Å². The molecule has 0 radical (unpaired) electrons. The zero-order valence-corrected chi connectivity index (χ0v) is 10.8. The quantitative estimate of drug-likeness (QED) is 0.634.